The highest BCUT2D eigenvalue weighted by molar-refractivity contribution is 5.96. The third-order valence-corrected chi connectivity index (χ3v) is 3.64. The van der Waals surface area contributed by atoms with Crippen molar-refractivity contribution < 1.29 is 19.4 Å². The fourth-order valence-electron chi connectivity index (χ4n) is 2.38. The summed E-state index contributed by atoms with van der Waals surface area (Å²) in [5.74, 6) is 0.0137. The van der Waals surface area contributed by atoms with Crippen molar-refractivity contribution in [3.63, 3.8) is 0 Å². The van der Waals surface area contributed by atoms with E-state index in [0.717, 1.165) is 18.6 Å². The average Bonchev–Trinajstić information content (AvgIpc) is 2.65. The minimum atomic E-state index is -1.27. The van der Waals surface area contributed by atoms with Gasteiger partial charge in [-0.05, 0) is 36.3 Å². The number of nitriles is 1. The van der Waals surface area contributed by atoms with Gasteiger partial charge in [0.05, 0.1) is 0 Å². The number of rotatable bonds is 9. The van der Waals surface area contributed by atoms with Gasteiger partial charge in [-0.15, -0.1) is 0 Å². The Morgan fingerprint density at radius 3 is 2.46 bits per heavy atom. The Morgan fingerprint density at radius 1 is 1.12 bits per heavy atom. The Morgan fingerprint density at radius 2 is 1.81 bits per heavy atom. The van der Waals surface area contributed by atoms with Gasteiger partial charge in [0.25, 0.3) is 0 Å². The van der Waals surface area contributed by atoms with E-state index < -0.39 is 5.97 Å². The molecule has 26 heavy (non-hydrogen) atoms. The van der Waals surface area contributed by atoms with Crippen molar-refractivity contribution in [2.75, 3.05) is 13.2 Å². The number of benzene rings is 2. The zero-order chi connectivity index (χ0) is 18.8. The van der Waals surface area contributed by atoms with Gasteiger partial charge in [-0.25, -0.2) is 4.79 Å². The van der Waals surface area contributed by atoms with Gasteiger partial charge in [-0.3, -0.25) is 0 Å². The predicted molar refractivity (Wildman–Crippen MR) is 99.1 cm³/mol. The number of carboxylic acids is 1. The topological polar surface area (TPSA) is 79.5 Å². The summed E-state index contributed by atoms with van der Waals surface area (Å²) in [6.07, 6.45) is 3.46. The molecule has 0 atom stereocenters. The van der Waals surface area contributed by atoms with Crippen molar-refractivity contribution in [1.29, 1.82) is 5.26 Å². The van der Waals surface area contributed by atoms with Gasteiger partial charge in [-0.1, -0.05) is 43.7 Å². The molecule has 1 N–H and O–H groups in total. The molecule has 5 nitrogen and oxygen atoms in total. The summed E-state index contributed by atoms with van der Waals surface area (Å²) in [5, 5.41) is 17.8. The zero-order valence-electron chi connectivity index (χ0n) is 14.6. The van der Waals surface area contributed by atoms with Crippen molar-refractivity contribution >= 4 is 12.0 Å². The monoisotopic (exact) mass is 351 g/mol. The fourth-order valence-corrected chi connectivity index (χ4v) is 2.38. The summed E-state index contributed by atoms with van der Waals surface area (Å²) in [6, 6.07) is 16.6. The van der Waals surface area contributed by atoms with E-state index >= 15 is 0 Å². The fraction of sp³-hybridized carbons (Fsp3) is 0.238. The summed E-state index contributed by atoms with van der Waals surface area (Å²) in [6.45, 7) is 2.80. The smallest absolute Gasteiger partial charge is 0.346 e. The minimum Gasteiger partial charge on any atom is -0.490 e. The molecular formula is C21H21NO4. The standard InChI is InChI=1S/C21H21NO4/c1-2-5-16-8-10-19(11-9-16)25-12-13-26-20-7-4-3-6-17(20)14-18(15-22)21(23)24/h3-4,6-11,14H,2,5,12-13H2,1H3,(H,23,24). The van der Waals surface area contributed by atoms with Gasteiger partial charge in [0.2, 0.25) is 0 Å². The Kier molecular flexibility index (Phi) is 7.26. The van der Waals surface area contributed by atoms with Crippen LogP contribution in [0.3, 0.4) is 0 Å². The lowest BCUT2D eigenvalue weighted by Gasteiger charge is -2.11. The number of aryl methyl sites for hydroxylation is 1. The lowest BCUT2D eigenvalue weighted by atomic mass is 10.1. The maximum atomic E-state index is 11.0. The Bertz CT molecular complexity index is 804. The first kappa shape index (κ1) is 19.1. The molecular weight excluding hydrogens is 330 g/mol. The molecule has 134 valence electrons. The molecule has 0 unspecified atom stereocenters. The molecule has 0 spiro atoms. The van der Waals surface area contributed by atoms with E-state index in [1.807, 2.05) is 12.1 Å². The number of nitrogens with zero attached hydrogens (tertiary/aromatic N) is 1. The van der Waals surface area contributed by atoms with Crippen LogP contribution in [0.15, 0.2) is 54.1 Å². The molecule has 0 aliphatic carbocycles. The summed E-state index contributed by atoms with van der Waals surface area (Å²) >= 11 is 0. The van der Waals surface area contributed by atoms with Gasteiger partial charge in [0.15, 0.2) is 0 Å². The zero-order valence-corrected chi connectivity index (χ0v) is 14.6. The van der Waals surface area contributed by atoms with Crippen molar-refractivity contribution in [3.05, 3.63) is 65.2 Å². The number of carbonyl (C=O) groups is 1. The largest absolute Gasteiger partial charge is 0.490 e. The number of hydrogen-bond acceptors (Lipinski definition) is 4. The van der Waals surface area contributed by atoms with Crippen LogP contribution in [0.25, 0.3) is 6.08 Å². The summed E-state index contributed by atoms with van der Waals surface area (Å²) in [7, 11) is 0. The summed E-state index contributed by atoms with van der Waals surface area (Å²) in [5.41, 5.74) is 1.48. The number of carboxylic acid groups (broad SMARTS) is 1. The van der Waals surface area contributed by atoms with Crippen molar-refractivity contribution in [2.24, 2.45) is 0 Å². The molecule has 2 aromatic rings. The lowest BCUT2D eigenvalue weighted by Crippen LogP contribution is -2.09. The first-order valence-electron chi connectivity index (χ1n) is 8.42. The molecule has 0 radical (unpaired) electrons. The van der Waals surface area contributed by atoms with Gasteiger partial charge < -0.3 is 14.6 Å². The quantitative estimate of drug-likeness (QED) is 0.418. The summed E-state index contributed by atoms with van der Waals surface area (Å²) in [4.78, 5) is 11.0. The van der Waals surface area contributed by atoms with Crippen LogP contribution in [0, 0.1) is 11.3 Å². The minimum absolute atomic E-state index is 0.302. The van der Waals surface area contributed by atoms with Gasteiger partial charge in [0.1, 0.15) is 36.4 Å². The molecule has 2 rings (SSSR count). The van der Waals surface area contributed by atoms with E-state index in [4.69, 9.17) is 19.8 Å². The van der Waals surface area contributed by atoms with E-state index in [1.54, 1.807) is 30.3 Å². The maximum Gasteiger partial charge on any atom is 0.346 e. The van der Waals surface area contributed by atoms with Crippen LogP contribution in [0.1, 0.15) is 24.5 Å². The first-order chi connectivity index (χ1) is 12.6. The third-order valence-electron chi connectivity index (χ3n) is 3.64. The van der Waals surface area contributed by atoms with Gasteiger partial charge >= 0.3 is 5.97 Å². The Hall–Kier alpha value is -3.26. The highest BCUT2D eigenvalue weighted by atomic mass is 16.5. The molecule has 0 amide bonds. The van der Waals surface area contributed by atoms with Crippen molar-refractivity contribution in [2.45, 2.75) is 19.8 Å². The molecule has 0 aliphatic heterocycles. The normalized spacial score (nSPS) is 10.8. The van der Waals surface area contributed by atoms with Crippen LogP contribution in [-0.2, 0) is 11.2 Å². The van der Waals surface area contributed by atoms with Crippen molar-refractivity contribution in [3.8, 4) is 17.6 Å². The molecule has 0 saturated carbocycles. The van der Waals surface area contributed by atoms with Crippen LogP contribution >= 0.6 is 0 Å². The first-order valence-corrected chi connectivity index (χ1v) is 8.42. The number of hydrogen-bond donors (Lipinski definition) is 1. The van der Waals surface area contributed by atoms with Crippen molar-refractivity contribution in [1.82, 2.24) is 0 Å². The highest BCUT2D eigenvalue weighted by Gasteiger charge is 2.08. The molecule has 0 aliphatic rings. The molecule has 5 heteroatoms. The van der Waals surface area contributed by atoms with Crippen LogP contribution < -0.4 is 9.47 Å². The number of ether oxygens (including phenoxy) is 2. The number of para-hydroxylation sites is 1. The SMILES string of the molecule is CCCc1ccc(OCCOc2ccccc2C=C(C#N)C(=O)O)cc1. The lowest BCUT2D eigenvalue weighted by molar-refractivity contribution is -0.132. The third kappa shape index (κ3) is 5.67. The Labute approximate surface area is 153 Å². The molecule has 0 heterocycles. The average molecular weight is 351 g/mol. The maximum absolute atomic E-state index is 11.0. The van der Waals surface area contributed by atoms with Gasteiger partial charge in [0, 0.05) is 5.56 Å². The van der Waals surface area contributed by atoms with Crippen LogP contribution in [0.4, 0.5) is 0 Å². The number of aliphatic carboxylic acids is 1. The van der Waals surface area contributed by atoms with Gasteiger partial charge in [-0.2, -0.15) is 5.26 Å². The molecule has 2 aromatic carbocycles. The molecule has 0 fully saturated rings. The van der Waals surface area contributed by atoms with E-state index in [9.17, 15) is 4.79 Å². The van der Waals surface area contributed by atoms with E-state index in [1.165, 1.54) is 11.6 Å². The van der Waals surface area contributed by atoms with E-state index in [0.29, 0.717) is 24.5 Å². The second-order valence-electron chi connectivity index (χ2n) is 5.60. The van der Waals surface area contributed by atoms with E-state index in [-0.39, 0.29) is 5.57 Å². The Balaban J connectivity index is 1.92. The predicted octanol–water partition coefficient (Wildman–Crippen LogP) is 4.09. The van der Waals surface area contributed by atoms with Crippen LogP contribution in [0.2, 0.25) is 0 Å². The van der Waals surface area contributed by atoms with Crippen LogP contribution in [0.5, 0.6) is 11.5 Å². The second-order valence-corrected chi connectivity index (χ2v) is 5.60. The molecule has 0 bridgehead atoms. The highest BCUT2D eigenvalue weighted by Crippen LogP contribution is 2.21. The molecule has 0 aromatic heterocycles. The molecule has 0 saturated heterocycles. The van der Waals surface area contributed by atoms with E-state index in [2.05, 4.69) is 19.1 Å². The van der Waals surface area contributed by atoms with Crippen LogP contribution in [-0.4, -0.2) is 24.3 Å². The second kappa shape index (κ2) is 9.90. The summed E-state index contributed by atoms with van der Waals surface area (Å²) < 4.78 is 11.3.